The third-order valence-corrected chi connectivity index (χ3v) is 4.46. The van der Waals surface area contributed by atoms with E-state index in [1.54, 1.807) is 18.2 Å². The van der Waals surface area contributed by atoms with Crippen LogP contribution >= 0.6 is 11.5 Å². The van der Waals surface area contributed by atoms with Gasteiger partial charge in [-0.1, -0.05) is 12.7 Å². The minimum absolute atomic E-state index is 0.536. The highest BCUT2D eigenvalue weighted by atomic mass is 32.1. The molecular formula is C19H17N7S. The topological polar surface area (TPSA) is 98.9 Å². The van der Waals surface area contributed by atoms with Gasteiger partial charge in [-0.05, 0) is 48.6 Å². The van der Waals surface area contributed by atoms with Gasteiger partial charge in [0.1, 0.15) is 16.9 Å². The molecule has 0 aliphatic rings. The molecule has 2 heterocycles. The van der Waals surface area contributed by atoms with Crippen molar-refractivity contribution in [2.45, 2.75) is 0 Å². The average Bonchev–Trinajstić information content (AvgIpc) is 3.20. The van der Waals surface area contributed by atoms with Crippen LogP contribution in [0.2, 0.25) is 0 Å². The van der Waals surface area contributed by atoms with E-state index in [4.69, 9.17) is 5.26 Å². The number of hydrogen-bond acceptors (Lipinski definition) is 8. The van der Waals surface area contributed by atoms with Crippen molar-refractivity contribution in [2.75, 3.05) is 23.7 Å². The van der Waals surface area contributed by atoms with Gasteiger partial charge in [-0.15, -0.1) is 0 Å². The van der Waals surface area contributed by atoms with Crippen LogP contribution in [0.3, 0.4) is 0 Å². The van der Waals surface area contributed by atoms with Crippen LogP contribution in [0, 0.1) is 11.3 Å². The SMILES string of the molecule is C=Cc1cc(-c2nc(NCCNc3ccc(C#N)cn3)ns2)ccc1N=C. The summed E-state index contributed by atoms with van der Waals surface area (Å²) in [7, 11) is 0. The van der Waals surface area contributed by atoms with Gasteiger partial charge in [0.2, 0.25) is 5.95 Å². The van der Waals surface area contributed by atoms with E-state index in [-0.39, 0.29) is 0 Å². The Morgan fingerprint density at radius 1 is 1.22 bits per heavy atom. The van der Waals surface area contributed by atoms with Gasteiger partial charge in [-0.2, -0.15) is 14.6 Å². The van der Waals surface area contributed by atoms with Crippen molar-refractivity contribution < 1.29 is 0 Å². The number of anilines is 2. The zero-order valence-electron chi connectivity index (χ0n) is 14.5. The number of aromatic nitrogens is 3. The second kappa shape index (κ2) is 8.69. The Labute approximate surface area is 161 Å². The van der Waals surface area contributed by atoms with E-state index < -0.39 is 0 Å². The molecule has 0 unspecified atom stereocenters. The number of aliphatic imine (C=N–C) groups is 1. The maximum Gasteiger partial charge on any atom is 0.235 e. The molecule has 0 bridgehead atoms. The number of rotatable bonds is 8. The van der Waals surface area contributed by atoms with Crippen molar-refractivity contribution in [1.82, 2.24) is 14.3 Å². The van der Waals surface area contributed by atoms with Gasteiger partial charge in [0.05, 0.1) is 11.3 Å². The van der Waals surface area contributed by atoms with Crippen LogP contribution < -0.4 is 10.6 Å². The Hall–Kier alpha value is -3.57. The molecule has 0 radical (unpaired) electrons. The van der Waals surface area contributed by atoms with Crippen molar-refractivity contribution in [3.8, 4) is 16.6 Å². The zero-order chi connectivity index (χ0) is 19.1. The van der Waals surface area contributed by atoms with Crippen LogP contribution in [-0.2, 0) is 0 Å². The van der Waals surface area contributed by atoms with Crippen LogP contribution in [0.15, 0.2) is 48.1 Å². The third kappa shape index (κ3) is 4.54. The molecule has 3 aromatic rings. The number of nitriles is 1. The number of hydrogen-bond donors (Lipinski definition) is 2. The first-order chi connectivity index (χ1) is 13.2. The van der Waals surface area contributed by atoms with Gasteiger partial charge in [-0.25, -0.2) is 4.98 Å². The minimum atomic E-state index is 0.536. The molecule has 0 fully saturated rings. The second-order valence-electron chi connectivity index (χ2n) is 5.46. The summed E-state index contributed by atoms with van der Waals surface area (Å²) < 4.78 is 4.34. The summed E-state index contributed by atoms with van der Waals surface area (Å²) in [5.41, 5.74) is 3.20. The second-order valence-corrected chi connectivity index (χ2v) is 6.21. The molecule has 0 atom stereocenters. The first-order valence-electron chi connectivity index (χ1n) is 8.14. The molecule has 2 aromatic heterocycles. The smallest absolute Gasteiger partial charge is 0.235 e. The maximum atomic E-state index is 8.76. The van der Waals surface area contributed by atoms with Crippen molar-refractivity contribution in [3.05, 3.63) is 54.2 Å². The molecule has 7 nitrogen and oxygen atoms in total. The molecule has 1 aromatic carbocycles. The first-order valence-corrected chi connectivity index (χ1v) is 8.92. The monoisotopic (exact) mass is 375 g/mol. The van der Waals surface area contributed by atoms with Crippen LogP contribution in [-0.4, -0.2) is 34.1 Å². The van der Waals surface area contributed by atoms with Crippen molar-refractivity contribution >= 4 is 41.8 Å². The van der Waals surface area contributed by atoms with E-state index >= 15 is 0 Å². The van der Waals surface area contributed by atoms with E-state index in [1.165, 1.54) is 17.7 Å². The Morgan fingerprint density at radius 2 is 2.07 bits per heavy atom. The highest BCUT2D eigenvalue weighted by Crippen LogP contribution is 2.29. The maximum absolute atomic E-state index is 8.76. The number of nitrogens with zero attached hydrogens (tertiary/aromatic N) is 5. The van der Waals surface area contributed by atoms with Gasteiger partial charge in [0.15, 0.2) is 0 Å². The molecule has 0 saturated carbocycles. The fourth-order valence-electron chi connectivity index (χ4n) is 2.34. The van der Waals surface area contributed by atoms with E-state index in [0.717, 1.165) is 27.6 Å². The zero-order valence-corrected chi connectivity index (χ0v) is 15.3. The molecule has 0 spiro atoms. The number of pyridine rings is 1. The van der Waals surface area contributed by atoms with Gasteiger partial charge in [0, 0.05) is 30.4 Å². The Morgan fingerprint density at radius 3 is 2.78 bits per heavy atom. The Kier molecular flexibility index (Phi) is 5.87. The van der Waals surface area contributed by atoms with Gasteiger partial charge < -0.3 is 10.6 Å². The van der Waals surface area contributed by atoms with Crippen molar-refractivity contribution in [2.24, 2.45) is 4.99 Å². The van der Waals surface area contributed by atoms with Gasteiger partial charge in [0.25, 0.3) is 0 Å². The van der Waals surface area contributed by atoms with Crippen LogP contribution in [0.25, 0.3) is 16.6 Å². The third-order valence-electron chi connectivity index (χ3n) is 3.70. The van der Waals surface area contributed by atoms with Gasteiger partial charge in [-0.3, -0.25) is 4.99 Å². The molecular weight excluding hydrogens is 358 g/mol. The molecule has 0 aliphatic carbocycles. The van der Waals surface area contributed by atoms with E-state index in [9.17, 15) is 0 Å². The average molecular weight is 375 g/mol. The molecule has 0 amide bonds. The quantitative estimate of drug-likeness (QED) is 0.456. The highest BCUT2D eigenvalue weighted by molar-refractivity contribution is 7.09. The largest absolute Gasteiger partial charge is 0.368 e. The molecule has 3 rings (SSSR count). The Balaban J connectivity index is 1.55. The molecule has 134 valence electrons. The van der Waals surface area contributed by atoms with E-state index in [1.807, 2.05) is 24.3 Å². The summed E-state index contributed by atoms with van der Waals surface area (Å²) in [6.45, 7) is 8.64. The predicted octanol–water partition coefficient (Wildman–Crippen LogP) is 3.97. The molecule has 0 aliphatic heterocycles. The summed E-state index contributed by atoms with van der Waals surface area (Å²) in [6.07, 6.45) is 3.28. The molecule has 8 heteroatoms. The fourth-order valence-corrected chi connectivity index (χ4v) is 2.97. The normalized spacial score (nSPS) is 10.0. The molecule has 2 N–H and O–H groups in total. The lowest BCUT2D eigenvalue weighted by Gasteiger charge is -2.05. The van der Waals surface area contributed by atoms with E-state index in [0.29, 0.717) is 24.6 Å². The Bertz CT molecular complexity index is 986. The van der Waals surface area contributed by atoms with Crippen LogP contribution in [0.1, 0.15) is 11.1 Å². The summed E-state index contributed by atoms with van der Waals surface area (Å²) in [4.78, 5) is 12.6. The predicted molar refractivity (Wildman–Crippen MR) is 111 cm³/mol. The van der Waals surface area contributed by atoms with E-state index in [2.05, 4.69) is 43.3 Å². The minimum Gasteiger partial charge on any atom is -0.368 e. The molecule has 27 heavy (non-hydrogen) atoms. The summed E-state index contributed by atoms with van der Waals surface area (Å²) in [5.74, 6) is 1.30. The van der Waals surface area contributed by atoms with Crippen LogP contribution in [0.4, 0.5) is 17.5 Å². The van der Waals surface area contributed by atoms with Gasteiger partial charge >= 0.3 is 0 Å². The lowest BCUT2D eigenvalue weighted by atomic mass is 10.1. The summed E-state index contributed by atoms with van der Waals surface area (Å²) in [6, 6.07) is 11.3. The lowest BCUT2D eigenvalue weighted by molar-refractivity contribution is 1.04. The summed E-state index contributed by atoms with van der Waals surface area (Å²) >= 11 is 1.33. The first kappa shape index (κ1) is 18.2. The molecule has 0 saturated heterocycles. The number of benzene rings is 1. The number of nitrogens with one attached hydrogen (secondary N) is 2. The van der Waals surface area contributed by atoms with Crippen molar-refractivity contribution in [1.29, 1.82) is 5.26 Å². The fraction of sp³-hybridized carbons (Fsp3) is 0.105. The highest BCUT2D eigenvalue weighted by Gasteiger charge is 2.08. The standard InChI is InChI=1S/C19H17N7S/c1-3-14-10-15(5-6-16(14)21-2)18-25-19(26-27-18)23-9-8-22-17-7-4-13(11-20)12-24-17/h3-7,10,12H,1-2,8-9H2,(H,22,24)(H,23,26). The van der Waals surface area contributed by atoms with Crippen molar-refractivity contribution in [3.63, 3.8) is 0 Å². The summed E-state index contributed by atoms with van der Waals surface area (Å²) in [5, 5.41) is 15.9. The van der Waals surface area contributed by atoms with Crippen LogP contribution in [0.5, 0.6) is 0 Å². The lowest BCUT2D eigenvalue weighted by Crippen LogP contribution is -2.14.